The normalized spacial score (nSPS) is 10.4. The van der Waals surface area contributed by atoms with Crippen molar-refractivity contribution in [2.75, 3.05) is 18.5 Å². The van der Waals surface area contributed by atoms with Crippen LogP contribution in [0.2, 0.25) is 0 Å². The molecule has 24 heavy (non-hydrogen) atoms. The molecule has 0 aliphatic carbocycles. The molecular weight excluding hydrogens is 298 g/mol. The Balaban J connectivity index is 1.86. The highest BCUT2D eigenvalue weighted by molar-refractivity contribution is 5.56. The predicted octanol–water partition coefficient (Wildman–Crippen LogP) is 5.66. The lowest BCUT2D eigenvalue weighted by atomic mass is 10.2. The number of benzene rings is 2. The summed E-state index contributed by atoms with van der Waals surface area (Å²) in [6, 6.07) is 16.4. The van der Waals surface area contributed by atoms with Crippen molar-refractivity contribution in [1.29, 1.82) is 0 Å². The minimum atomic E-state index is 0.763. The molecule has 130 valence electrons. The summed E-state index contributed by atoms with van der Waals surface area (Å²) in [5.41, 5.74) is 2.26. The van der Waals surface area contributed by atoms with Gasteiger partial charge < -0.3 is 14.8 Å². The number of para-hydroxylation sites is 2. The van der Waals surface area contributed by atoms with Gasteiger partial charge in [0, 0.05) is 6.54 Å². The Labute approximate surface area is 146 Å². The van der Waals surface area contributed by atoms with Crippen molar-refractivity contribution in [3.05, 3.63) is 54.1 Å². The first-order valence-corrected chi connectivity index (χ1v) is 9.01. The molecule has 1 N–H and O–H groups in total. The third-order valence-electron chi connectivity index (χ3n) is 3.82. The third-order valence-corrected chi connectivity index (χ3v) is 3.82. The molecule has 0 bridgehead atoms. The predicted molar refractivity (Wildman–Crippen MR) is 101 cm³/mol. The second kappa shape index (κ2) is 10.6. The number of anilines is 1. The topological polar surface area (TPSA) is 30.5 Å². The number of nitrogens with one attached hydrogen (secondary N) is 1. The molecule has 3 nitrogen and oxygen atoms in total. The van der Waals surface area contributed by atoms with Gasteiger partial charge in [-0.25, -0.2) is 0 Å². The third kappa shape index (κ3) is 6.15. The highest BCUT2D eigenvalue weighted by atomic mass is 16.5. The molecule has 0 saturated carbocycles. The van der Waals surface area contributed by atoms with Crippen LogP contribution in [0.1, 0.15) is 45.1 Å². The molecule has 0 amide bonds. The molecule has 2 rings (SSSR count). The molecule has 2 aromatic rings. The van der Waals surface area contributed by atoms with Gasteiger partial charge in [0.1, 0.15) is 11.5 Å². The average molecular weight is 327 g/mol. The Morgan fingerprint density at radius 3 is 2.17 bits per heavy atom. The van der Waals surface area contributed by atoms with Gasteiger partial charge in [-0.05, 0) is 42.7 Å². The van der Waals surface area contributed by atoms with Gasteiger partial charge in [-0.2, -0.15) is 0 Å². The Morgan fingerprint density at radius 2 is 1.46 bits per heavy atom. The maximum absolute atomic E-state index is 5.86. The van der Waals surface area contributed by atoms with Gasteiger partial charge in [-0.3, -0.25) is 0 Å². The number of rotatable bonds is 11. The molecule has 0 spiro atoms. The molecule has 0 fully saturated rings. The van der Waals surface area contributed by atoms with E-state index in [1.165, 1.54) is 5.56 Å². The lowest BCUT2D eigenvalue weighted by molar-refractivity contribution is 0.309. The fraction of sp³-hybridized carbons (Fsp3) is 0.429. The lowest BCUT2D eigenvalue weighted by Crippen LogP contribution is -2.04. The number of hydrogen-bond donors (Lipinski definition) is 1. The highest BCUT2D eigenvalue weighted by Crippen LogP contribution is 2.25. The number of hydrogen-bond acceptors (Lipinski definition) is 3. The highest BCUT2D eigenvalue weighted by Gasteiger charge is 2.03. The average Bonchev–Trinajstić information content (AvgIpc) is 2.62. The maximum atomic E-state index is 5.86. The quantitative estimate of drug-likeness (QED) is 0.540. The number of unbranched alkanes of at least 4 members (excludes halogenated alkanes) is 2. The van der Waals surface area contributed by atoms with Gasteiger partial charge in [-0.15, -0.1) is 0 Å². The first kappa shape index (κ1) is 18.2. The van der Waals surface area contributed by atoms with Gasteiger partial charge >= 0.3 is 0 Å². The summed E-state index contributed by atoms with van der Waals surface area (Å²) in [6.45, 7) is 6.66. The second-order valence-corrected chi connectivity index (χ2v) is 5.90. The van der Waals surface area contributed by atoms with Crippen LogP contribution in [-0.4, -0.2) is 13.2 Å². The molecular formula is C21H29NO2. The van der Waals surface area contributed by atoms with Gasteiger partial charge in [0.15, 0.2) is 0 Å². The van der Waals surface area contributed by atoms with E-state index in [9.17, 15) is 0 Å². The van der Waals surface area contributed by atoms with Crippen LogP contribution in [-0.2, 0) is 6.54 Å². The monoisotopic (exact) mass is 327 g/mol. The molecule has 0 saturated heterocycles. The van der Waals surface area contributed by atoms with Crippen LogP contribution < -0.4 is 14.8 Å². The SMILES string of the molecule is CCCCOc1ccc(CNc2ccccc2OCCCC)cc1. The minimum Gasteiger partial charge on any atom is -0.494 e. The molecule has 0 aliphatic rings. The van der Waals surface area contributed by atoms with Crippen molar-refractivity contribution >= 4 is 5.69 Å². The largest absolute Gasteiger partial charge is 0.494 e. The van der Waals surface area contributed by atoms with Crippen LogP contribution in [0.5, 0.6) is 11.5 Å². The summed E-state index contributed by atoms with van der Waals surface area (Å²) in [7, 11) is 0. The van der Waals surface area contributed by atoms with E-state index in [1.54, 1.807) is 0 Å². The van der Waals surface area contributed by atoms with E-state index in [0.717, 1.165) is 62.6 Å². The van der Waals surface area contributed by atoms with Crippen molar-refractivity contribution in [2.24, 2.45) is 0 Å². The van der Waals surface area contributed by atoms with E-state index in [1.807, 2.05) is 30.3 Å². The van der Waals surface area contributed by atoms with Crippen LogP contribution in [0.3, 0.4) is 0 Å². The van der Waals surface area contributed by atoms with Crippen LogP contribution in [0.15, 0.2) is 48.5 Å². The Bertz CT molecular complexity index is 581. The second-order valence-electron chi connectivity index (χ2n) is 5.90. The zero-order valence-corrected chi connectivity index (χ0v) is 14.9. The van der Waals surface area contributed by atoms with Gasteiger partial charge in [0.2, 0.25) is 0 Å². The van der Waals surface area contributed by atoms with Crippen molar-refractivity contribution in [2.45, 2.75) is 46.1 Å². The summed E-state index contributed by atoms with van der Waals surface area (Å²) in [5, 5.41) is 3.46. The Hall–Kier alpha value is -2.16. The maximum Gasteiger partial charge on any atom is 0.142 e. The molecule has 0 radical (unpaired) electrons. The molecule has 0 aliphatic heterocycles. The summed E-state index contributed by atoms with van der Waals surface area (Å²) >= 11 is 0. The molecule has 0 unspecified atom stereocenters. The standard InChI is InChI=1S/C21H29NO2/c1-3-5-15-23-19-13-11-18(12-14-19)17-22-20-9-7-8-10-21(20)24-16-6-4-2/h7-14,22H,3-6,15-17H2,1-2H3. The molecule has 2 aromatic carbocycles. The zero-order chi connectivity index (χ0) is 17.0. The number of ether oxygens (including phenoxy) is 2. The van der Waals surface area contributed by atoms with Crippen LogP contribution in [0.4, 0.5) is 5.69 Å². The van der Waals surface area contributed by atoms with Gasteiger partial charge in [-0.1, -0.05) is 51.0 Å². The van der Waals surface area contributed by atoms with E-state index in [0.29, 0.717) is 0 Å². The van der Waals surface area contributed by atoms with E-state index in [4.69, 9.17) is 9.47 Å². The van der Waals surface area contributed by atoms with Crippen molar-refractivity contribution in [1.82, 2.24) is 0 Å². The van der Waals surface area contributed by atoms with E-state index >= 15 is 0 Å². The fourth-order valence-corrected chi connectivity index (χ4v) is 2.30. The van der Waals surface area contributed by atoms with Crippen molar-refractivity contribution in [3.63, 3.8) is 0 Å². The van der Waals surface area contributed by atoms with Crippen LogP contribution in [0.25, 0.3) is 0 Å². The van der Waals surface area contributed by atoms with Crippen LogP contribution in [0, 0.1) is 0 Å². The molecule has 0 heterocycles. The van der Waals surface area contributed by atoms with Crippen LogP contribution >= 0.6 is 0 Å². The summed E-state index contributed by atoms with van der Waals surface area (Å²) in [4.78, 5) is 0. The fourth-order valence-electron chi connectivity index (χ4n) is 2.30. The first-order chi connectivity index (χ1) is 11.8. The molecule has 0 aromatic heterocycles. The van der Waals surface area contributed by atoms with E-state index in [2.05, 4.69) is 37.4 Å². The van der Waals surface area contributed by atoms with E-state index in [-0.39, 0.29) is 0 Å². The lowest BCUT2D eigenvalue weighted by Gasteiger charge is -2.13. The minimum absolute atomic E-state index is 0.763. The summed E-state index contributed by atoms with van der Waals surface area (Å²) in [6.07, 6.45) is 4.47. The first-order valence-electron chi connectivity index (χ1n) is 9.01. The Morgan fingerprint density at radius 1 is 0.792 bits per heavy atom. The smallest absolute Gasteiger partial charge is 0.142 e. The Kier molecular flexibility index (Phi) is 8.02. The van der Waals surface area contributed by atoms with Gasteiger partial charge in [0.25, 0.3) is 0 Å². The summed E-state index contributed by atoms with van der Waals surface area (Å²) < 4.78 is 11.6. The van der Waals surface area contributed by atoms with E-state index < -0.39 is 0 Å². The molecule has 3 heteroatoms. The zero-order valence-electron chi connectivity index (χ0n) is 14.9. The summed E-state index contributed by atoms with van der Waals surface area (Å²) in [5.74, 6) is 1.86. The van der Waals surface area contributed by atoms with Crippen molar-refractivity contribution in [3.8, 4) is 11.5 Å². The van der Waals surface area contributed by atoms with Crippen molar-refractivity contribution < 1.29 is 9.47 Å². The van der Waals surface area contributed by atoms with Gasteiger partial charge in [0.05, 0.1) is 18.9 Å². The molecule has 0 atom stereocenters.